The van der Waals surface area contributed by atoms with Crippen molar-refractivity contribution in [1.29, 1.82) is 0 Å². The van der Waals surface area contributed by atoms with Gasteiger partial charge in [-0.1, -0.05) is 31.2 Å². The molecule has 0 amide bonds. The summed E-state index contributed by atoms with van der Waals surface area (Å²) >= 11 is 0. The number of halogens is 3. The van der Waals surface area contributed by atoms with Crippen LogP contribution in [0.15, 0.2) is 71.8 Å². The van der Waals surface area contributed by atoms with Crippen molar-refractivity contribution in [2.45, 2.75) is 46.2 Å². The summed E-state index contributed by atoms with van der Waals surface area (Å²) in [5.41, 5.74) is 2.59. The standard InChI is InChI=1S/C31H28F3N5O2/c1-4-27(21-15-22(32)17-23(33)16-21)39-29(26-11-13-38(5-2)37-26)36-30(40)25(31(39)41)14-19-6-8-20(9-7-19)24-10-12-35-28(34)18(24)3/h6-13,15-17,27,41H,4-5,14H2,1-3H3. The second-order valence-electron chi connectivity index (χ2n) is 9.74. The normalized spacial score (nSPS) is 12.0. The summed E-state index contributed by atoms with van der Waals surface area (Å²) in [5.74, 6) is -2.33. The van der Waals surface area contributed by atoms with Gasteiger partial charge in [-0.25, -0.2) is 13.8 Å². The van der Waals surface area contributed by atoms with Gasteiger partial charge in [0.2, 0.25) is 11.8 Å². The van der Waals surface area contributed by atoms with Crippen molar-refractivity contribution >= 4 is 0 Å². The summed E-state index contributed by atoms with van der Waals surface area (Å²) in [6.45, 7) is 5.93. The Labute approximate surface area is 234 Å². The Balaban J connectivity index is 1.61. The molecule has 5 aromatic rings. The predicted octanol–water partition coefficient (Wildman–Crippen LogP) is 6.21. The van der Waals surface area contributed by atoms with E-state index >= 15 is 0 Å². The maximum atomic E-state index is 14.2. The molecule has 10 heteroatoms. The zero-order chi connectivity index (χ0) is 29.3. The molecule has 5 rings (SSSR count). The van der Waals surface area contributed by atoms with E-state index in [9.17, 15) is 23.1 Å². The molecule has 0 saturated carbocycles. The van der Waals surface area contributed by atoms with E-state index in [0.29, 0.717) is 35.3 Å². The van der Waals surface area contributed by atoms with Crippen molar-refractivity contribution < 1.29 is 18.3 Å². The SMILES string of the molecule is CCC(c1cc(F)cc(F)c1)n1c(-c2ccn(CC)n2)nc(=O)c(Cc2ccc(-c3ccnc(F)c3C)cc2)c1O. The van der Waals surface area contributed by atoms with Crippen molar-refractivity contribution in [3.8, 4) is 28.5 Å². The fourth-order valence-electron chi connectivity index (χ4n) is 5.01. The molecule has 0 saturated heterocycles. The fraction of sp³-hybridized carbons (Fsp3) is 0.226. The van der Waals surface area contributed by atoms with Crippen LogP contribution in [0.5, 0.6) is 5.88 Å². The first-order valence-electron chi connectivity index (χ1n) is 13.2. The molecule has 0 aliphatic rings. The molecule has 210 valence electrons. The molecule has 41 heavy (non-hydrogen) atoms. The first-order chi connectivity index (χ1) is 19.7. The van der Waals surface area contributed by atoms with Gasteiger partial charge in [0.05, 0.1) is 11.6 Å². The van der Waals surface area contributed by atoms with Gasteiger partial charge in [-0.05, 0) is 66.8 Å². The number of aromatic hydroxyl groups is 1. The number of aromatic nitrogens is 5. The maximum absolute atomic E-state index is 14.2. The number of nitrogens with zero attached hydrogens (tertiary/aromatic N) is 5. The van der Waals surface area contributed by atoms with Crippen LogP contribution in [0.2, 0.25) is 0 Å². The summed E-state index contributed by atoms with van der Waals surface area (Å²) in [6, 6.07) is 13.0. The highest BCUT2D eigenvalue weighted by molar-refractivity contribution is 5.67. The summed E-state index contributed by atoms with van der Waals surface area (Å²) < 4.78 is 45.5. The lowest BCUT2D eigenvalue weighted by Gasteiger charge is -2.25. The molecule has 0 spiro atoms. The summed E-state index contributed by atoms with van der Waals surface area (Å²) in [5, 5.41) is 16.0. The second kappa shape index (κ2) is 11.4. The van der Waals surface area contributed by atoms with Crippen LogP contribution in [-0.2, 0) is 13.0 Å². The number of aryl methyl sites for hydroxylation is 1. The van der Waals surface area contributed by atoms with E-state index in [2.05, 4.69) is 15.1 Å². The van der Waals surface area contributed by atoms with Crippen molar-refractivity contribution in [3.05, 3.63) is 117 Å². The Kier molecular flexibility index (Phi) is 7.74. The number of hydrogen-bond acceptors (Lipinski definition) is 5. The van der Waals surface area contributed by atoms with Crippen molar-refractivity contribution in [3.63, 3.8) is 0 Å². The van der Waals surface area contributed by atoms with E-state index < -0.39 is 29.2 Å². The minimum absolute atomic E-state index is 0.0258. The van der Waals surface area contributed by atoms with E-state index in [4.69, 9.17) is 0 Å². The van der Waals surface area contributed by atoms with Crippen molar-refractivity contribution in [2.24, 2.45) is 0 Å². The molecule has 3 aromatic heterocycles. The minimum Gasteiger partial charge on any atom is -0.494 e. The summed E-state index contributed by atoms with van der Waals surface area (Å²) in [7, 11) is 0. The first-order valence-corrected chi connectivity index (χ1v) is 13.2. The van der Waals surface area contributed by atoms with Crippen LogP contribution in [0.3, 0.4) is 0 Å². The van der Waals surface area contributed by atoms with E-state index in [1.807, 2.05) is 13.8 Å². The number of benzene rings is 2. The van der Waals surface area contributed by atoms with Crippen LogP contribution < -0.4 is 5.56 Å². The van der Waals surface area contributed by atoms with Crippen LogP contribution in [-0.4, -0.2) is 29.4 Å². The lowest BCUT2D eigenvalue weighted by atomic mass is 9.98. The molecule has 7 nitrogen and oxygen atoms in total. The third-order valence-corrected chi connectivity index (χ3v) is 7.14. The minimum atomic E-state index is -0.756. The topological polar surface area (TPSA) is 85.8 Å². The molecule has 0 aliphatic heterocycles. The number of pyridine rings is 1. The molecule has 3 heterocycles. The smallest absolute Gasteiger partial charge is 0.280 e. The highest BCUT2D eigenvalue weighted by atomic mass is 19.1. The fourth-order valence-corrected chi connectivity index (χ4v) is 5.01. The van der Waals surface area contributed by atoms with Gasteiger partial charge >= 0.3 is 0 Å². The third-order valence-electron chi connectivity index (χ3n) is 7.14. The van der Waals surface area contributed by atoms with E-state index in [1.165, 1.54) is 22.9 Å². The van der Waals surface area contributed by atoms with Gasteiger partial charge in [0, 0.05) is 37.0 Å². The average molecular weight is 560 g/mol. The Morgan fingerprint density at radius 3 is 2.32 bits per heavy atom. The number of hydrogen-bond donors (Lipinski definition) is 1. The van der Waals surface area contributed by atoms with Gasteiger partial charge in [-0.15, -0.1) is 0 Å². The first kappa shape index (κ1) is 27.8. The molecule has 1 unspecified atom stereocenters. The van der Waals surface area contributed by atoms with Gasteiger partial charge in [0.15, 0.2) is 5.82 Å². The second-order valence-corrected chi connectivity index (χ2v) is 9.74. The molecule has 1 N–H and O–H groups in total. The van der Waals surface area contributed by atoms with Crippen LogP contribution in [0, 0.1) is 24.5 Å². The van der Waals surface area contributed by atoms with E-state index in [0.717, 1.165) is 11.6 Å². The van der Waals surface area contributed by atoms with Crippen molar-refractivity contribution in [2.75, 3.05) is 0 Å². The average Bonchev–Trinajstić information content (AvgIpc) is 3.43. The quantitative estimate of drug-likeness (QED) is 0.229. The predicted molar refractivity (Wildman–Crippen MR) is 149 cm³/mol. The highest BCUT2D eigenvalue weighted by Crippen LogP contribution is 2.34. The molecule has 0 radical (unpaired) electrons. The molecule has 0 bridgehead atoms. The monoisotopic (exact) mass is 559 g/mol. The third kappa shape index (κ3) is 5.50. The Bertz CT molecular complexity index is 1760. The molecular formula is C31H28F3N5O2. The lowest BCUT2D eigenvalue weighted by molar-refractivity contribution is 0.381. The largest absolute Gasteiger partial charge is 0.494 e. The van der Waals surface area contributed by atoms with Gasteiger partial charge in [-0.2, -0.15) is 14.5 Å². The molecule has 0 aliphatic carbocycles. The van der Waals surface area contributed by atoms with E-state index in [1.54, 1.807) is 54.2 Å². The van der Waals surface area contributed by atoms with Gasteiger partial charge in [0.25, 0.3) is 5.56 Å². The number of rotatable bonds is 8. The molecule has 0 fully saturated rings. The maximum Gasteiger partial charge on any atom is 0.280 e. The molecule has 1 atom stereocenters. The van der Waals surface area contributed by atoms with Crippen LogP contribution in [0.4, 0.5) is 13.2 Å². The summed E-state index contributed by atoms with van der Waals surface area (Å²) in [4.78, 5) is 21.3. The van der Waals surface area contributed by atoms with Gasteiger partial charge < -0.3 is 5.11 Å². The Hall–Kier alpha value is -4.73. The van der Waals surface area contributed by atoms with Crippen LogP contribution in [0.1, 0.15) is 48.6 Å². The lowest BCUT2D eigenvalue weighted by Crippen LogP contribution is -2.24. The van der Waals surface area contributed by atoms with E-state index in [-0.39, 0.29) is 29.3 Å². The zero-order valence-corrected chi connectivity index (χ0v) is 22.8. The van der Waals surface area contributed by atoms with Crippen LogP contribution in [0.25, 0.3) is 22.6 Å². The van der Waals surface area contributed by atoms with Crippen LogP contribution >= 0.6 is 0 Å². The van der Waals surface area contributed by atoms with Gasteiger partial charge in [-0.3, -0.25) is 14.0 Å². The Morgan fingerprint density at radius 2 is 1.68 bits per heavy atom. The Morgan fingerprint density at radius 1 is 0.976 bits per heavy atom. The summed E-state index contributed by atoms with van der Waals surface area (Å²) in [6.07, 6.45) is 3.49. The van der Waals surface area contributed by atoms with Crippen molar-refractivity contribution in [1.82, 2.24) is 24.3 Å². The zero-order valence-electron chi connectivity index (χ0n) is 22.8. The molecular weight excluding hydrogens is 531 g/mol. The molecule has 2 aromatic carbocycles. The van der Waals surface area contributed by atoms with Gasteiger partial charge in [0.1, 0.15) is 17.3 Å². The highest BCUT2D eigenvalue weighted by Gasteiger charge is 2.26.